The van der Waals surface area contributed by atoms with Crippen LogP contribution < -0.4 is 5.32 Å². The van der Waals surface area contributed by atoms with E-state index in [-0.39, 0.29) is 12.5 Å². The van der Waals surface area contributed by atoms with Gasteiger partial charge in [-0.05, 0) is 29.9 Å². The Labute approximate surface area is 155 Å². The molecule has 6 heteroatoms. The highest BCUT2D eigenvalue weighted by molar-refractivity contribution is 5.98. The van der Waals surface area contributed by atoms with Gasteiger partial charge in [-0.1, -0.05) is 51.0 Å². The summed E-state index contributed by atoms with van der Waals surface area (Å²) in [5.41, 5.74) is 4.68. The van der Waals surface area contributed by atoms with Crippen LogP contribution in [0.1, 0.15) is 63.1 Å². The van der Waals surface area contributed by atoms with Gasteiger partial charge < -0.3 is 10.2 Å². The molecular weight excluding hydrogens is 328 g/mol. The molecule has 0 aliphatic heterocycles. The molecule has 1 amide bonds. The Morgan fingerprint density at radius 2 is 1.85 bits per heavy atom. The lowest BCUT2D eigenvalue weighted by molar-refractivity contribution is -0.120. The predicted molar refractivity (Wildman–Crippen MR) is 105 cm³/mol. The van der Waals surface area contributed by atoms with Crippen LogP contribution in [0.5, 0.6) is 0 Å². The van der Waals surface area contributed by atoms with Crippen molar-refractivity contribution in [2.75, 3.05) is 11.9 Å². The minimum absolute atomic E-state index is 0.137. The van der Waals surface area contributed by atoms with Gasteiger partial charge in [0.2, 0.25) is 0 Å². The number of carbonyl (C=O) groups is 1. The molecule has 0 aliphatic rings. The molecule has 0 radical (unpaired) electrons. The van der Waals surface area contributed by atoms with E-state index < -0.39 is 0 Å². The standard InChI is InChI=1S/C20H28N4O2/c1-13(2)17-8-7-9-18(14(3)4)20(17)22-19(25)12-26-23-15(5)16-10-21-24(6)11-16/h7-11,13-14H,12H2,1-6H3,(H,22,25)/b23-15-. The van der Waals surface area contributed by atoms with Crippen molar-refractivity contribution in [3.63, 3.8) is 0 Å². The fourth-order valence-corrected chi connectivity index (χ4v) is 2.72. The SMILES string of the molecule is C/C(=N/OCC(=O)Nc1c(C(C)C)cccc1C(C)C)c1cnn(C)c1. The van der Waals surface area contributed by atoms with Crippen molar-refractivity contribution in [1.29, 1.82) is 0 Å². The van der Waals surface area contributed by atoms with E-state index in [0.29, 0.717) is 17.5 Å². The number of aryl methyl sites for hydroxylation is 1. The Hall–Kier alpha value is -2.63. The first-order chi connectivity index (χ1) is 12.3. The van der Waals surface area contributed by atoms with Gasteiger partial charge >= 0.3 is 0 Å². The summed E-state index contributed by atoms with van der Waals surface area (Å²) >= 11 is 0. The smallest absolute Gasteiger partial charge is 0.265 e. The lowest BCUT2D eigenvalue weighted by atomic mass is 9.92. The Balaban J connectivity index is 2.06. The maximum Gasteiger partial charge on any atom is 0.265 e. The first kappa shape index (κ1) is 19.7. The van der Waals surface area contributed by atoms with E-state index >= 15 is 0 Å². The predicted octanol–water partition coefficient (Wildman–Crippen LogP) is 4.05. The van der Waals surface area contributed by atoms with Crippen LogP contribution >= 0.6 is 0 Å². The number of carbonyl (C=O) groups excluding carboxylic acids is 1. The number of para-hydroxylation sites is 1. The van der Waals surface area contributed by atoms with E-state index in [4.69, 9.17) is 4.84 Å². The van der Waals surface area contributed by atoms with Crippen LogP contribution in [0.3, 0.4) is 0 Å². The number of amides is 1. The van der Waals surface area contributed by atoms with E-state index in [1.165, 1.54) is 0 Å². The van der Waals surface area contributed by atoms with Crippen LogP contribution in [-0.4, -0.2) is 28.0 Å². The summed E-state index contributed by atoms with van der Waals surface area (Å²) in [5.74, 6) is 0.411. The maximum absolute atomic E-state index is 12.4. The number of nitrogens with one attached hydrogen (secondary N) is 1. The first-order valence-electron chi connectivity index (χ1n) is 8.87. The molecule has 26 heavy (non-hydrogen) atoms. The quantitative estimate of drug-likeness (QED) is 0.601. The van der Waals surface area contributed by atoms with Gasteiger partial charge in [-0.25, -0.2) is 0 Å². The fraction of sp³-hybridized carbons (Fsp3) is 0.450. The van der Waals surface area contributed by atoms with Crippen LogP contribution in [0.25, 0.3) is 0 Å². The molecule has 0 bridgehead atoms. The number of oxime groups is 1. The monoisotopic (exact) mass is 356 g/mol. The van der Waals surface area contributed by atoms with Gasteiger partial charge in [0.25, 0.3) is 5.91 Å². The first-order valence-corrected chi connectivity index (χ1v) is 8.87. The number of anilines is 1. The highest BCUT2D eigenvalue weighted by atomic mass is 16.6. The van der Waals surface area contributed by atoms with Gasteiger partial charge in [-0.3, -0.25) is 9.48 Å². The molecule has 2 rings (SSSR count). The zero-order chi connectivity index (χ0) is 19.3. The molecule has 0 saturated heterocycles. The number of hydrogen-bond donors (Lipinski definition) is 1. The highest BCUT2D eigenvalue weighted by Gasteiger charge is 2.16. The molecule has 140 valence electrons. The summed E-state index contributed by atoms with van der Waals surface area (Å²) in [6.45, 7) is 10.2. The van der Waals surface area contributed by atoms with Gasteiger partial charge in [-0.15, -0.1) is 0 Å². The summed E-state index contributed by atoms with van der Waals surface area (Å²) in [6, 6.07) is 6.15. The number of aromatic nitrogens is 2. The average Bonchev–Trinajstić information content (AvgIpc) is 3.01. The fourth-order valence-electron chi connectivity index (χ4n) is 2.72. The molecule has 0 saturated carbocycles. The molecule has 0 spiro atoms. The molecule has 2 aromatic rings. The molecule has 1 aromatic heterocycles. The lowest BCUT2D eigenvalue weighted by Gasteiger charge is -2.20. The van der Waals surface area contributed by atoms with Crippen LogP contribution in [0.2, 0.25) is 0 Å². The van der Waals surface area contributed by atoms with E-state index in [1.807, 2.05) is 26.2 Å². The van der Waals surface area contributed by atoms with Crippen molar-refractivity contribution in [1.82, 2.24) is 9.78 Å². The lowest BCUT2D eigenvalue weighted by Crippen LogP contribution is -2.20. The minimum Gasteiger partial charge on any atom is -0.385 e. The molecule has 1 N–H and O–H groups in total. The third kappa shape index (κ3) is 4.94. The Morgan fingerprint density at radius 1 is 1.23 bits per heavy atom. The summed E-state index contributed by atoms with van der Waals surface area (Å²) in [7, 11) is 1.84. The highest BCUT2D eigenvalue weighted by Crippen LogP contribution is 2.32. The minimum atomic E-state index is -0.220. The van der Waals surface area contributed by atoms with E-state index in [1.54, 1.807) is 10.9 Å². The summed E-state index contributed by atoms with van der Waals surface area (Å²) in [5, 5.41) is 11.1. The Kier molecular flexibility index (Phi) is 6.55. The van der Waals surface area contributed by atoms with Crippen molar-refractivity contribution in [2.24, 2.45) is 12.2 Å². The van der Waals surface area contributed by atoms with Crippen LogP contribution in [-0.2, 0) is 16.7 Å². The number of nitrogens with zero attached hydrogens (tertiary/aromatic N) is 3. The molecule has 1 aromatic carbocycles. The molecule has 0 fully saturated rings. The summed E-state index contributed by atoms with van der Waals surface area (Å²) in [4.78, 5) is 17.6. The third-order valence-corrected chi connectivity index (χ3v) is 4.16. The Bertz CT molecular complexity index is 765. The largest absolute Gasteiger partial charge is 0.385 e. The van der Waals surface area contributed by atoms with Gasteiger partial charge in [0.1, 0.15) is 0 Å². The van der Waals surface area contributed by atoms with Crippen molar-refractivity contribution >= 4 is 17.3 Å². The van der Waals surface area contributed by atoms with Gasteiger partial charge in [0.15, 0.2) is 6.61 Å². The Morgan fingerprint density at radius 3 is 2.35 bits per heavy atom. The van der Waals surface area contributed by atoms with E-state index in [2.05, 4.69) is 55.4 Å². The van der Waals surface area contributed by atoms with Crippen LogP contribution in [0.15, 0.2) is 35.7 Å². The number of benzene rings is 1. The summed E-state index contributed by atoms with van der Waals surface area (Å²) < 4.78 is 1.69. The normalized spacial score (nSPS) is 11.9. The van der Waals surface area contributed by atoms with Crippen LogP contribution in [0.4, 0.5) is 5.69 Å². The topological polar surface area (TPSA) is 68.5 Å². The summed E-state index contributed by atoms with van der Waals surface area (Å²) in [6.07, 6.45) is 3.55. The number of hydrogen-bond acceptors (Lipinski definition) is 4. The second kappa shape index (κ2) is 8.65. The molecule has 6 nitrogen and oxygen atoms in total. The van der Waals surface area contributed by atoms with E-state index in [9.17, 15) is 4.79 Å². The maximum atomic E-state index is 12.4. The van der Waals surface area contributed by atoms with Crippen molar-refractivity contribution < 1.29 is 9.63 Å². The second-order valence-electron chi connectivity index (χ2n) is 7.02. The van der Waals surface area contributed by atoms with Crippen molar-refractivity contribution in [3.05, 3.63) is 47.3 Å². The molecule has 1 heterocycles. The molecule has 0 unspecified atom stereocenters. The van der Waals surface area contributed by atoms with Crippen molar-refractivity contribution in [2.45, 2.75) is 46.5 Å². The second-order valence-corrected chi connectivity index (χ2v) is 7.02. The zero-order valence-electron chi connectivity index (χ0n) is 16.4. The van der Waals surface area contributed by atoms with Crippen molar-refractivity contribution in [3.8, 4) is 0 Å². The van der Waals surface area contributed by atoms with Gasteiger partial charge in [0, 0.05) is 24.5 Å². The van der Waals surface area contributed by atoms with E-state index in [0.717, 1.165) is 22.4 Å². The average molecular weight is 356 g/mol. The third-order valence-electron chi connectivity index (χ3n) is 4.16. The molecular formula is C20H28N4O2. The van der Waals surface area contributed by atoms with Gasteiger partial charge in [0.05, 0.1) is 11.9 Å². The van der Waals surface area contributed by atoms with Gasteiger partial charge in [-0.2, -0.15) is 5.10 Å². The van der Waals surface area contributed by atoms with Crippen LogP contribution in [0, 0.1) is 0 Å². The zero-order valence-corrected chi connectivity index (χ0v) is 16.4. The number of rotatable bonds is 7. The molecule has 0 aliphatic carbocycles. The molecule has 0 atom stereocenters.